The van der Waals surface area contributed by atoms with Gasteiger partial charge in [-0.2, -0.15) is 0 Å². The molecule has 1 N–H and O–H groups in total. The molecule has 2 aromatic rings. The Balaban J connectivity index is 1.63. The number of aromatic nitrogens is 2. The van der Waals surface area contributed by atoms with E-state index in [4.69, 9.17) is 0 Å². The number of carbonyl (C=O) groups is 2. The molecule has 0 atom stereocenters. The maximum Gasteiger partial charge on any atom is 0.272 e. The Bertz CT molecular complexity index is 715. The smallest absolute Gasteiger partial charge is 0.272 e. The Morgan fingerprint density at radius 3 is 2.22 bits per heavy atom. The lowest BCUT2D eigenvalue weighted by Crippen LogP contribution is -2.50. The molecule has 1 aliphatic heterocycles. The standard InChI is InChI=1S/C17H20N4O2/c1-12-11-14(13(2)19-12)16(22)20-7-9-21(10-8-20)17(23)15-5-3-4-6-18-15/h3-6,11,19H,7-10H2,1-2H3. The molecule has 3 heterocycles. The van der Waals surface area contributed by atoms with Crippen LogP contribution in [0.2, 0.25) is 0 Å². The number of aryl methyl sites for hydroxylation is 2. The summed E-state index contributed by atoms with van der Waals surface area (Å²) in [5, 5.41) is 0. The van der Waals surface area contributed by atoms with Crippen LogP contribution in [0, 0.1) is 13.8 Å². The van der Waals surface area contributed by atoms with Gasteiger partial charge in [0.1, 0.15) is 5.69 Å². The number of rotatable bonds is 2. The Hall–Kier alpha value is -2.63. The SMILES string of the molecule is Cc1cc(C(=O)N2CCN(C(=O)c3ccccn3)CC2)c(C)[nH]1. The van der Waals surface area contributed by atoms with Gasteiger partial charge in [-0.3, -0.25) is 14.6 Å². The fraction of sp³-hybridized carbons (Fsp3) is 0.353. The first-order valence-corrected chi connectivity index (χ1v) is 7.72. The maximum absolute atomic E-state index is 12.6. The van der Waals surface area contributed by atoms with Crippen molar-refractivity contribution in [2.24, 2.45) is 0 Å². The molecule has 0 bridgehead atoms. The largest absolute Gasteiger partial charge is 0.362 e. The molecular formula is C17H20N4O2. The highest BCUT2D eigenvalue weighted by atomic mass is 16.2. The van der Waals surface area contributed by atoms with E-state index < -0.39 is 0 Å². The van der Waals surface area contributed by atoms with Crippen LogP contribution in [0.3, 0.4) is 0 Å². The van der Waals surface area contributed by atoms with Gasteiger partial charge in [-0.25, -0.2) is 0 Å². The van der Waals surface area contributed by atoms with Gasteiger partial charge in [-0.05, 0) is 32.0 Å². The summed E-state index contributed by atoms with van der Waals surface area (Å²) >= 11 is 0. The molecule has 0 aliphatic carbocycles. The molecule has 23 heavy (non-hydrogen) atoms. The van der Waals surface area contributed by atoms with Gasteiger partial charge in [0.25, 0.3) is 11.8 Å². The van der Waals surface area contributed by atoms with Gasteiger partial charge in [0.15, 0.2) is 0 Å². The van der Waals surface area contributed by atoms with Crippen LogP contribution in [0.1, 0.15) is 32.2 Å². The predicted octanol–water partition coefficient (Wildman–Crippen LogP) is 1.62. The first-order chi connectivity index (χ1) is 11.1. The molecule has 6 nitrogen and oxygen atoms in total. The lowest BCUT2D eigenvalue weighted by molar-refractivity contribution is 0.0532. The highest BCUT2D eigenvalue weighted by molar-refractivity contribution is 5.96. The van der Waals surface area contributed by atoms with Crippen molar-refractivity contribution in [2.75, 3.05) is 26.2 Å². The van der Waals surface area contributed by atoms with Crippen molar-refractivity contribution in [1.82, 2.24) is 19.8 Å². The summed E-state index contributed by atoms with van der Waals surface area (Å²) in [7, 11) is 0. The van der Waals surface area contributed by atoms with Crippen LogP contribution in [-0.4, -0.2) is 57.8 Å². The molecule has 0 spiro atoms. The van der Waals surface area contributed by atoms with Gasteiger partial charge >= 0.3 is 0 Å². The van der Waals surface area contributed by atoms with Gasteiger partial charge in [-0.15, -0.1) is 0 Å². The number of H-pyrrole nitrogens is 1. The van der Waals surface area contributed by atoms with Crippen LogP contribution >= 0.6 is 0 Å². The highest BCUT2D eigenvalue weighted by Crippen LogP contribution is 2.15. The number of nitrogens with zero attached hydrogens (tertiary/aromatic N) is 3. The maximum atomic E-state index is 12.6. The van der Waals surface area contributed by atoms with E-state index in [0.29, 0.717) is 37.4 Å². The Labute approximate surface area is 135 Å². The third kappa shape index (κ3) is 3.11. The van der Waals surface area contributed by atoms with E-state index in [9.17, 15) is 9.59 Å². The van der Waals surface area contributed by atoms with Crippen LogP contribution in [0.15, 0.2) is 30.5 Å². The Morgan fingerprint density at radius 1 is 1.04 bits per heavy atom. The number of carbonyl (C=O) groups excluding carboxylic acids is 2. The van der Waals surface area contributed by atoms with Crippen molar-refractivity contribution in [3.8, 4) is 0 Å². The van der Waals surface area contributed by atoms with Crippen LogP contribution < -0.4 is 0 Å². The number of hydrogen-bond donors (Lipinski definition) is 1. The van der Waals surface area contributed by atoms with E-state index in [0.717, 1.165) is 11.4 Å². The van der Waals surface area contributed by atoms with Gasteiger partial charge < -0.3 is 14.8 Å². The summed E-state index contributed by atoms with van der Waals surface area (Å²) in [6.07, 6.45) is 1.62. The molecule has 0 radical (unpaired) electrons. The molecule has 2 amide bonds. The minimum Gasteiger partial charge on any atom is -0.362 e. The molecule has 2 aromatic heterocycles. The zero-order valence-electron chi connectivity index (χ0n) is 13.4. The minimum atomic E-state index is -0.0774. The van der Waals surface area contributed by atoms with Crippen LogP contribution in [0.4, 0.5) is 0 Å². The molecule has 1 fully saturated rings. The van der Waals surface area contributed by atoms with Crippen LogP contribution in [-0.2, 0) is 0 Å². The summed E-state index contributed by atoms with van der Waals surface area (Å²) < 4.78 is 0. The molecule has 0 unspecified atom stereocenters. The number of aromatic amines is 1. The highest BCUT2D eigenvalue weighted by Gasteiger charge is 2.27. The van der Waals surface area contributed by atoms with Gasteiger partial charge in [0, 0.05) is 43.8 Å². The third-order valence-electron chi connectivity index (χ3n) is 4.12. The van der Waals surface area contributed by atoms with Crippen molar-refractivity contribution in [3.05, 3.63) is 53.1 Å². The first-order valence-electron chi connectivity index (χ1n) is 7.72. The first kappa shape index (κ1) is 15.3. The summed E-state index contributed by atoms with van der Waals surface area (Å²) in [6.45, 7) is 5.99. The average Bonchev–Trinajstić information content (AvgIpc) is 2.93. The topological polar surface area (TPSA) is 69.3 Å². The van der Waals surface area contributed by atoms with E-state index >= 15 is 0 Å². The lowest BCUT2D eigenvalue weighted by Gasteiger charge is -2.34. The number of hydrogen-bond acceptors (Lipinski definition) is 3. The molecule has 1 aliphatic rings. The van der Waals surface area contributed by atoms with Crippen molar-refractivity contribution in [2.45, 2.75) is 13.8 Å². The van der Waals surface area contributed by atoms with Crippen molar-refractivity contribution in [3.63, 3.8) is 0 Å². The summed E-state index contributed by atoms with van der Waals surface area (Å²) in [5.41, 5.74) is 3.03. The average molecular weight is 312 g/mol. The van der Waals surface area contributed by atoms with Crippen molar-refractivity contribution in [1.29, 1.82) is 0 Å². The number of amides is 2. The molecule has 1 saturated heterocycles. The Morgan fingerprint density at radius 2 is 1.70 bits per heavy atom. The van der Waals surface area contributed by atoms with Gasteiger partial charge in [0.2, 0.25) is 0 Å². The van der Waals surface area contributed by atoms with E-state index in [1.807, 2.05) is 19.9 Å². The second-order valence-corrected chi connectivity index (χ2v) is 5.79. The summed E-state index contributed by atoms with van der Waals surface area (Å²) in [5.74, 6) is -0.0526. The minimum absolute atomic E-state index is 0.0248. The fourth-order valence-electron chi connectivity index (χ4n) is 2.88. The summed E-state index contributed by atoms with van der Waals surface area (Å²) in [4.78, 5) is 35.7. The number of piperazine rings is 1. The second kappa shape index (κ2) is 6.24. The van der Waals surface area contributed by atoms with Gasteiger partial charge in [0.05, 0.1) is 5.56 Å². The van der Waals surface area contributed by atoms with Crippen LogP contribution in [0.5, 0.6) is 0 Å². The van der Waals surface area contributed by atoms with Crippen molar-refractivity contribution >= 4 is 11.8 Å². The fourth-order valence-corrected chi connectivity index (χ4v) is 2.88. The zero-order valence-corrected chi connectivity index (χ0v) is 13.4. The zero-order chi connectivity index (χ0) is 16.4. The molecular weight excluding hydrogens is 292 g/mol. The molecule has 0 saturated carbocycles. The lowest BCUT2D eigenvalue weighted by atomic mass is 10.2. The van der Waals surface area contributed by atoms with E-state index in [-0.39, 0.29) is 11.8 Å². The third-order valence-corrected chi connectivity index (χ3v) is 4.12. The molecule has 120 valence electrons. The number of pyridine rings is 1. The molecule has 0 aromatic carbocycles. The van der Waals surface area contributed by atoms with Crippen molar-refractivity contribution < 1.29 is 9.59 Å². The normalized spacial score (nSPS) is 14.9. The summed E-state index contributed by atoms with van der Waals surface area (Å²) in [6, 6.07) is 7.18. The predicted molar refractivity (Wildman–Crippen MR) is 86.3 cm³/mol. The van der Waals surface area contributed by atoms with Crippen LogP contribution in [0.25, 0.3) is 0 Å². The molecule has 6 heteroatoms. The quantitative estimate of drug-likeness (QED) is 0.916. The molecule has 3 rings (SSSR count). The second-order valence-electron chi connectivity index (χ2n) is 5.79. The van der Waals surface area contributed by atoms with E-state index in [1.54, 1.807) is 34.2 Å². The van der Waals surface area contributed by atoms with E-state index in [2.05, 4.69) is 9.97 Å². The van der Waals surface area contributed by atoms with E-state index in [1.165, 1.54) is 0 Å². The Kier molecular flexibility index (Phi) is 4.14. The number of nitrogens with one attached hydrogen (secondary N) is 1. The van der Waals surface area contributed by atoms with Gasteiger partial charge in [-0.1, -0.05) is 6.07 Å². The monoisotopic (exact) mass is 312 g/mol.